The van der Waals surface area contributed by atoms with Gasteiger partial charge in [0, 0.05) is 5.75 Å². The Morgan fingerprint density at radius 2 is 2.13 bits per heavy atom. The van der Waals surface area contributed by atoms with Crippen LogP contribution in [0, 0.1) is 17.8 Å². The molecule has 9 nitrogen and oxygen atoms in total. The van der Waals surface area contributed by atoms with Gasteiger partial charge in [0.2, 0.25) is 11.4 Å². The highest BCUT2D eigenvalue weighted by Crippen LogP contribution is 2.38. The second-order valence-corrected chi connectivity index (χ2v) is 10.5. The van der Waals surface area contributed by atoms with E-state index in [2.05, 4.69) is 30.7 Å². The lowest BCUT2D eigenvalue weighted by Crippen LogP contribution is -2.38. The van der Waals surface area contributed by atoms with Gasteiger partial charge in [-0.05, 0) is 30.6 Å². The van der Waals surface area contributed by atoms with Crippen LogP contribution in [-0.4, -0.2) is 37.8 Å². The maximum atomic E-state index is 12.8. The molecule has 1 saturated carbocycles. The predicted molar refractivity (Wildman–Crippen MR) is 117 cm³/mol. The zero-order valence-electron chi connectivity index (χ0n) is 17.1. The molecule has 0 aromatic carbocycles. The monoisotopic (exact) mass is 454 g/mol. The first kappa shape index (κ1) is 21.4. The maximum Gasteiger partial charge on any atom is 0.346 e. The molecule has 2 aliphatic rings. The molecule has 1 saturated heterocycles. The van der Waals surface area contributed by atoms with Crippen molar-refractivity contribution in [1.29, 1.82) is 0 Å². The summed E-state index contributed by atoms with van der Waals surface area (Å²) in [5.41, 5.74) is 4.52. The summed E-state index contributed by atoms with van der Waals surface area (Å²) in [5, 5.41) is 0. The van der Waals surface area contributed by atoms with Crippen molar-refractivity contribution in [3.05, 3.63) is 20.0 Å². The van der Waals surface area contributed by atoms with E-state index in [4.69, 9.17) is 15.2 Å². The number of carbonyl (C=O) groups is 1. The fraction of sp³-hybridized carbons (Fsp3) is 0.684. The summed E-state index contributed by atoms with van der Waals surface area (Å²) < 4.78 is 13.2. The Bertz CT molecular complexity index is 1060. The van der Waals surface area contributed by atoms with E-state index in [0.717, 1.165) is 30.6 Å². The van der Waals surface area contributed by atoms with Crippen molar-refractivity contribution in [3.63, 3.8) is 0 Å². The van der Waals surface area contributed by atoms with Gasteiger partial charge < -0.3 is 15.2 Å². The molecule has 3 N–H and O–H groups in total. The number of nitrogens with one attached hydrogen (secondary N) is 1. The lowest BCUT2D eigenvalue weighted by molar-refractivity contribution is -0.166. The summed E-state index contributed by atoms with van der Waals surface area (Å²) >= 11 is 2.07. The molecule has 0 radical (unpaired) electrons. The minimum absolute atomic E-state index is 0.0770. The lowest BCUT2D eigenvalue weighted by Gasteiger charge is -2.37. The molecule has 11 heteroatoms. The lowest BCUT2D eigenvalue weighted by atomic mass is 9.75. The summed E-state index contributed by atoms with van der Waals surface area (Å²) in [4.78, 5) is 43.4. The molecular weight excluding hydrogens is 428 g/mol. The molecule has 4 rings (SSSR count). The molecule has 2 aromatic heterocycles. The smallest absolute Gasteiger partial charge is 0.346 e. The molecule has 5 atom stereocenters. The minimum Gasteiger partial charge on any atom is -0.459 e. The van der Waals surface area contributed by atoms with E-state index in [1.807, 2.05) is 0 Å². The molecule has 1 aliphatic carbocycles. The average Bonchev–Trinajstić information content (AvgIpc) is 3.25. The van der Waals surface area contributed by atoms with Gasteiger partial charge in [-0.2, -0.15) is 4.98 Å². The summed E-state index contributed by atoms with van der Waals surface area (Å²) in [7, 11) is 0. The number of nitrogens with two attached hydrogens (primary N) is 1. The first-order valence-electron chi connectivity index (χ1n) is 10.1. The van der Waals surface area contributed by atoms with Gasteiger partial charge in [-0.3, -0.25) is 19.1 Å². The second-order valence-electron chi connectivity index (χ2n) is 8.40. The normalized spacial score (nSPS) is 29.5. The van der Waals surface area contributed by atoms with Crippen molar-refractivity contribution in [2.24, 2.45) is 17.8 Å². The topological polar surface area (TPSA) is 129 Å². The second kappa shape index (κ2) is 8.35. The molecule has 2 aromatic rings. The molecule has 1 unspecified atom stereocenters. The molecule has 30 heavy (non-hydrogen) atoms. The number of thiazole rings is 1. The third kappa shape index (κ3) is 4.02. The number of nitrogen functional groups attached to an aromatic ring is 1. The van der Waals surface area contributed by atoms with E-state index in [1.165, 1.54) is 16.3 Å². The Morgan fingerprint density at radius 1 is 1.37 bits per heavy atom. The molecule has 3 heterocycles. The van der Waals surface area contributed by atoms with Crippen LogP contribution in [0.4, 0.5) is 5.95 Å². The Morgan fingerprint density at radius 3 is 2.87 bits per heavy atom. The Balaban J connectivity index is 1.50. The number of hydrogen-bond acceptors (Lipinski definition) is 9. The number of anilines is 1. The van der Waals surface area contributed by atoms with Gasteiger partial charge in [0.05, 0.1) is 0 Å². The highest BCUT2D eigenvalue weighted by Gasteiger charge is 2.39. The molecule has 0 spiro atoms. The number of H-pyrrole nitrogens is 1. The van der Waals surface area contributed by atoms with Crippen LogP contribution in [0.1, 0.15) is 46.3 Å². The van der Waals surface area contributed by atoms with E-state index in [9.17, 15) is 14.4 Å². The van der Waals surface area contributed by atoms with Crippen molar-refractivity contribution in [3.8, 4) is 0 Å². The Kier molecular flexibility index (Phi) is 5.95. The summed E-state index contributed by atoms with van der Waals surface area (Å²) in [6.45, 7) is 6.50. The van der Waals surface area contributed by atoms with E-state index in [1.54, 1.807) is 0 Å². The quantitative estimate of drug-likeness (QED) is 0.673. The van der Waals surface area contributed by atoms with Crippen molar-refractivity contribution in [2.75, 3.05) is 11.5 Å². The van der Waals surface area contributed by atoms with Gasteiger partial charge in [0.1, 0.15) is 10.8 Å². The van der Waals surface area contributed by atoms with Crippen molar-refractivity contribution >= 4 is 45.4 Å². The first-order chi connectivity index (χ1) is 14.2. The maximum absolute atomic E-state index is 12.8. The van der Waals surface area contributed by atoms with Gasteiger partial charge in [-0.1, -0.05) is 38.5 Å². The molecular formula is C19H26N4O5S2. The molecule has 164 valence electrons. The fourth-order valence-electron chi connectivity index (χ4n) is 4.30. The van der Waals surface area contributed by atoms with Crippen LogP contribution in [0.2, 0.25) is 0 Å². The largest absolute Gasteiger partial charge is 0.459 e. The predicted octanol–water partition coefficient (Wildman–Crippen LogP) is 2.32. The number of rotatable bonds is 4. The number of aromatic amines is 1. The molecule has 0 amide bonds. The van der Waals surface area contributed by atoms with E-state index < -0.39 is 23.2 Å². The van der Waals surface area contributed by atoms with Crippen LogP contribution in [0.15, 0.2) is 9.59 Å². The van der Waals surface area contributed by atoms with Gasteiger partial charge in [-0.15, -0.1) is 11.8 Å². The van der Waals surface area contributed by atoms with E-state index in [-0.39, 0.29) is 27.3 Å². The zero-order valence-corrected chi connectivity index (χ0v) is 18.8. The van der Waals surface area contributed by atoms with Crippen molar-refractivity contribution < 1.29 is 14.3 Å². The molecule has 1 aliphatic heterocycles. The third-order valence-electron chi connectivity index (χ3n) is 5.87. The number of nitrogens with zero attached hydrogens (tertiary/aromatic N) is 2. The highest BCUT2D eigenvalue weighted by atomic mass is 32.2. The van der Waals surface area contributed by atoms with Crippen LogP contribution in [0.5, 0.6) is 0 Å². The Labute approximate surface area is 181 Å². The van der Waals surface area contributed by atoms with Crippen molar-refractivity contribution in [2.45, 2.75) is 57.8 Å². The van der Waals surface area contributed by atoms with Crippen molar-refractivity contribution in [1.82, 2.24) is 14.5 Å². The standard InChI is InChI=1S/C19H26N4O5S2/c1-8(2)10-5-4-9(3)6-11(10)27-16(25)17-28-12(7-29-17)23-14-13(30-19(23)26)15(24)22-18(20)21-14/h8-12,17H,4-7H2,1-3H3,(H3,20,21,22,24)/t9-,10+,11-,12?,17+/m1/s1. The van der Waals surface area contributed by atoms with Gasteiger partial charge >= 0.3 is 10.8 Å². The average molecular weight is 455 g/mol. The first-order valence-corrected chi connectivity index (χ1v) is 12.0. The number of fused-ring (bicyclic) bond motifs is 1. The fourth-order valence-corrected chi connectivity index (χ4v) is 6.13. The van der Waals surface area contributed by atoms with Crippen LogP contribution < -0.4 is 16.2 Å². The van der Waals surface area contributed by atoms with Crippen LogP contribution in [-0.2, 0) is 14.3 Å². The van der Waals surface area contributed by atoms with Crippen LogP contribution in [0.25, 0.3) is 10.3 Å². The van der Waals surface area contributed by atoms with Crippen LogP contribution >= 0.6 is 23.1 Å². The van der Waals surface area contributed by atoms with E-state index in [0.29, 0.717) is 23.5 Å². The van der Waals surface area contributed by atoms with E-state index >= 15 is 0 Å². The minimum atomic E-state index is -0.818. The molecule has 0 bridgehead atoms. The zero-order chi connectivity index (χ0) is 21.6. The third-order valence-corrected chi connectivity index (χ3v) is 7.90. The number of carbonyl (C=O) groups excluding carboxylic acids is 1. The van der Waals surface area contributed by atoms with Gasteiger partial charge in [-0.25, -0.2) is 4.79 Å². The number of aromatic nitrogens is 3. The summed E-state index contributed by atoms with van der Waals surface area (Å²) in [5.74, 6) is 1.18. The molecule has 2 fully saturated rings. The van der Waals surface area contributed by atoms with Gasteiger partial charge in [0.15, 0.2) is 11.9 Å². The highest BCUT2D eigenvalue weighted by molar-refractivity contribution is 8.00. The summed E-state index contributed by atoms with van der Waals surface area (Å²) in [6, 6.07) is 0. The number of esters is 1. The number of ether oxygens (including phenoxy) is 2. The Hall–Kier alpha value is -1.85. The van der Waals surface area contributed by atoms with Crippen LogP contribution in [0.3, 0.4) is 0 Å². The van der Waals surface area contributed by atoms with Gasteiger partial charge in [0.25, 0.3) is 5.56 Å². The SMILES string of the molecule is CC(C)[C@@H]1CC[C@@H](C)C[C@H]1OC(=O)[C@H]1OC(n2c(=O)sc3c(=O)[nH]c(N)nc32)CS1. The number of thioether (sulfide) groups is 1. The summed E-state index contributed by atoms with van der Waals surface area (Å²) in [6.07, 6.45) is 2.23. The number of hydrogen-bond donors (Lipinski definition) is 2.